The third-order valence-electron chi connectivity index (χ3n) is 4.13. The van der Waals surface area contributed by atoms with Crippen LogP contribution in [0.15, 0.2) is 24.3 Å². The fourth-order valence-electron chi connectivity index (χ4n) is 2.74. The molecule has 1 aromatic carbocycles. The molecule has 1 aliphatic rings. The summed E-state index contributed by atoms with van der Waals surface area (Å²) in [6.07, 6.45) is 6.15. The Morgan fingerprint density at radius 1 is 1.23 bits per heavy atom. The lowest BCUT2D eigenvalue weighted by atomic mass is 10.1. The van der Waals surface area contributed by atoms with Crippen molar-refractivity contribution in [1.29, 1.82) is 0 Å². The van der Waals surface area contributed by atoms with Gasteiger partial charge in [-0.05, 0) is 38.0 Å². The van der Waals surface area contributed by atoms with Crippen LogP contribution in [0, 0.1) is 6.92 Å². The van der Waals surface area contributed by atoms with Gasteiger partial charge >= 0.3 is 0 Å². The molecule has 26 heavy (non-hydrogen) atoms. The van der Waals surface area contributed by atoms with Gasteiger partial charge < -0.3 is 9.64 Å². The van der Waals surface area contributed by atoms with Crippen LogP contribution in [-0.4, -0.2) is 42.8 Å². The molecule has 140 valence electrons. The molecular formula is C19H25N3O4. The summed E-state index contributed by atoms with van der Waals surface area (Å²) in [5.74, 6) is -0.252. The van der Waals surface area contributed by atoms with Crippen LogP contribution < -0.4 is 15.6 Å². The van der Waals surface area contributed by atoms with E-state index in [4.69, 9.17) is 4.74 Å². The lowest BCUT2D eigenvalue weighted by Crippen LogP contribution is -2.47. The molecule has 3 amide bonds. The molecule has 0 atom stereocenters. The second kappa shape index (κ2) is 9.60. The van der Waals surface area contributed by atoms with Crippen molar-refractivity contribution >= 4 is 23.8 Å². The highest BCUT2D eigenvalue weighted by Crippen LogP contribution is 2.20. The summed E-state index contributed by atoms with van der Waals surface area (Å²) in [6.45, 7) is 2.48. The van der Waals surface area contributed by atoms with Gasteiger partial charge in [0.15, 0.2) is 0 Å². The maximum atomic E-state index is 11.9. The zero-order valence-corrected chi connectivity index (χ0v) is 15.2. The summed E-state index contributed by atoms with van der Waals surface area (Å²) in [6, 6.07) is 5.64. The smallest absolute Gasteiger partial charge is 0.262 e. The Morgan fingerprint density at radius 3 is 2.81 bits per heavy atom. The van der Waals surface area contributed by atoms with Crippen molar-refractivity contribution in [1.82, 2.24) is 15.8 Å². The van der Waals surface area contributed by atoms with Crippen LogP contribution in [0.3, 0.4) is 0 Å². The van der Waals surface area contributed by atoms with Crippen molar-refractivity contribution in [3.8, 4) is 5.75 Å². The number of methoxy groups -OCH3 is 1. The van der Waals surface area contributed by atoms with Crippen LogP contribution in [0.2, 0.25) is 0 Å². The van der Waals surface area contributed by atoms with Crippen LogP contribution in [0.25, 0.3) is 6.08 Å². The summed E-state index contributed by atoms with van der Waals surface area (Å²) in [7, 11) is 1.56. The topological polar surface area (TPSA) is 87.7 Å². The van der Waals surface area contributed by atoms with E-state index in [9.17, 15) is 14.4 Å². The second-order valence-electron chi connectivity index (χ2n) is 6.24. The van der Waals surface area contributed by atoms with Gasteiger partial charge in [-0.3, -0.25) is 25.2 Å². The summed E-state index contributed by atoms with van der Waals surface area (Å²) in [5, 5.41) is 0. The average molecular weight is 359 g/mol. The van der Waals surface area contributed by atoms with Gasteiger partial charge in [-0.25, -0.2) is 0 Å². The van der Waals surface area contributed by atoms with Crippen molar-refractivity contribution in [2.75, 3.05) is 20.2 Å². The number of hydrazine groups is 1. The molecule has 7 heteroatoms. The van der Waals surface area contributed by atoms with E-state index in [0.29, 0.717) is 18.7 Å². The lowest BCUT2D eigenvalue weighted by molar-refractivity contribution is -0.136. The molecule has 0 bridgehead atoms. The highest BCUT2D eigenvalue weighted by atomic mass is 16.5. The average Bonchev–Trinajstić information content (AvgIpc) is 2.83. The Hall–Kier alpha value is -2.83. The number of nitrogens with one attached hydrogen (secondary N) is 2. The van der Waals surface area contributed by atoms with Gasteiger partial charge in [0, 0.05) is 24.6 Å². The number of hydrogen-bond donors (Lipinski definition) is 2. The minimum absolute atomic E-state index is 0.0181. The number of rotatable bonds is 5. The summed E-state index contributed by atoms with van der Waals surface area (Å²) in [5.41, 5.74) is 6.46. The Kier molecular flexibility index (Phi) is 7.20. The van der Waals surface area contributed by atoms with Gasteiger partial charge in [-0.15, -0.1) is 0 Å². The number of likely N-dealkylation sites (tertiary alicyclic amines) is 1. The van der Waals surface area contributed by atoms with Crippen LogP contribution >= 0.6 is 0 Å². The maximum Gasteiger partial charge on any atom is 0.262 e. The Morgan fingerprint density at radius 2 is 2.04 bits per heavy atom. The van der Waals surface area contributed by atoms with E-state index in [1.165, 1.54) is 11.0 Å². The zero-order chi connectivity index (χ0) is 18.9. The number of carbonyl (C=O) groups is 3. The van der Waals surface area contributed by atoms with Crippen molar-refractivity contribution < 1.29 is 19.1 Å². The van der Waals surface area contributed by atoms with Crippen LogP contribution in [-0.2, 0) is 14.4 Å². The zero-order valence-electron chi connectivity index (χ0n) is 15.2. The summed E-state index contributed by atoms with van der Waals surface area (Å²) >= 11 is 0. The Labute approximate surface area is 153 Å². The number of amides is 3. The second-order valence-corrected chi connectivity index (χ2v) is 6.24. The quantitative estimate of drug-likeness (QED) is 0.617. The molecule has 1 aliphatic heterocycles. The predicted molar refractivity (Wildman–Crippen MR) is 98.1 cm³/mol. The molecule has 0 radical (unpaired) electrons. The SMILES string of the molecule is COc1ccc(C)cc1/C=C/C(=O)NNC(=O)CN1CCCCCC1=O. The lowest BCUT2D eigenvalue weighted by Gasteiger charge is -2.19. The third kappa shape index (κ3) is 5.91. The van der Waals surface area contributed by atoms with Crippen LogP contribution in [0.1, 0.15) is 36.8 Å². The number of aryl methyl sites for hydroxylation is 1. The number of ether oxygens (including phenoxy) is 1. The molecule has 2 rings (SSSR count). The highest BCUT2D eigenvalue weighted by Gasteiger charge is 2.19. The van der Waals surface area contributed by atoms with Crippen molar-refractivity contribution in [2.24, 2.45) is 0 Å². The van der Waals surface area contributed by atoms with E-state index in [0.717, 1.165) is 30.4 Å². The minimum atomic E-state index is -0.468. The first-order chi connectivity index (χ1) is 12.5. The number of hydrogen-bond acceptors (Lipinski definition) is 4. The van der Waals surface area contributed by atoms with E-state index in [1.54, 1.807) is 13.2 Å². The molecule has 0 saturated carbocycles. The predicted octanol–water partition coefficient (Wildman–Crippen LogP) is 1.57. The molecule has 1 aromatic rings. The molecule has 2 N–H and O–H groups in total. The number of benzene rings is 1. The molecule has 0 aliphatic carbocycles. The van der Waals surface area contributed by atoms with E-state index >= 15 is 0 Å². The van der Waals surface area contributed by atoms with E-state index in [-0.39, 0.29) is 12.5 Å². The fourth-order valence-corrected chi connectivity index (χ4v) is 2.74. The highest BCUT2D eigenvalue weighted by molar-refractivity contribution is 5.94. The first-order valence-corrected chi connectivity index (χ1v) is 8.69. The first-order valence-electron chi connectivity index (χ1n) is 8.69. The van der Waals surface area contributed by atoms with Crippen LogP contribution in [0.4, 0.5) is 0 Å². The van der Waals surface area contributed by atoms with Gasteiger partial charge in [0.2, 0.25) is 5.91 Å². The van der Waals surface area contributed by atoms with Gasteiger partial charge in [-0.2, -0.15) is 0 Å². The van der Waals surface area contributed by atoms with E-state index < -0.39 is 11.8 Å². The molecule has 0 spiro atoms. The molecule has 1 saturated heterocycles. The monoisotopic (exact) mass is 359 g/mol. The van der Waals surface area contributed by atoms with Gasteiger partial charge in [-0.1, -0.05) is 18.1 Å². The van der Waals surface area contributed by atoms with Gasteiger partial charge in [0.25, 0.3) is 11.8 Å². The fraction of sp³-hybridized carbons (Fsp3) is 0.421. The standard InChI is InChI=1S/C19H25N3O4/c1-14-7-9-16(26-2)15(12-14)8-10-17(23)20-21-18(24)13-22-11-5-3-4-6-19(22)25/h7-10,12H,3-6,11,13H2,1-2H3,(H,20,23)(H,21,24)/b10-8+. The first kappa shape index (κ1) is 19.5. The van der Waals surface area contributed by atoms with Crippen LogP contribution in [0.5, 0.6) is 5.75 Å². The van der Waals surface area contributed by atoms with Crippen molar-refractivity contribution in [3.05, 3.63) is 35.4 Å². The van der Waals surface area contributed by atoms with E-state index in [2.05, 4.69) is 10.9 Å². The summed E-state index contributed by atoms with van der Waals surface area (Å²) in [4.78, 5) is 37.2. The largest absolute Gasteiger partial charge is 0.496 e. The van der Waals surface area contributed by atoms with Crippen molar-refractivity contribution in [3.63, 3.8) is 0 Å². The van der Waals surface area contributed by atoms with Gasteiger partial charge in [0.1, 0.15) is 12.3 Å². The molecule has 1 fully saturated rings. The molecular weight excluding hydrogens is 334 g/mol. The summed E-state index contributed by atoms with van der Waals surface area (Å²) < 4.78 is 5.25. The number of carbonyl (C=O) groups excluding carboxylic acids is 3. The molecule has 0 aromatic heterocycles. The van der Waals surface area contributed by atoms with E-state index in [1.807, 2.05) is 25.1 Å². The molecule has 7 nitrogen and oxygen atoms in total. The molecule has 0 unspecified atom stereocenters. The Balaban J connectivity index is 1.83. The normalized spacial score (nSPS) is 14.8. The number of nitrogens with zero attached hydrogens (tertiary/aromatic N) is 1. The Bertz CT molecular complexity index is 700. The molecule has 1 heterocycles. The van der Waals surface area contributed by atoms with Gasteiger partial charge in [0.05, 0.1) is 7.11 Å². The third-order valence-corrected chi connectivity index (χ3v) is 4.13. The minimum Gasteiger partial charge on any atom is -0.496 e. The van der Waals surface area contributed by atoms with Crippen molar-refractivity contribution in [2.45, 2.75) is 32.6 Å². The maximum absolute atomic E-state index is 11.9.